The van der Waals surface area contributed by atoms with Crippen LogP contribution in [0.4, 0.5) is 0 Å². The Morgan fingerprint density at radius 1 is 1.37 bits per heavy atom. The molecule has 0 radical (unpaired) electrons. The first-order valence-electron chi connectivity index (χ1n) is 9.67. The summed E-state index contributed by atoms with van der Waals surface area (Å²) in [5.74, 6) is 1.16. The van der Waals surface area contributed by atoms with Crippen LogP contribution in [-0.4, -0.2) is 45.5 Å². The van der Waals surface area contributed by atoms with Gasteiger partial charge in [-0.1, -0.05) is 19.1 Å². The average Bonchev–Trinajstić information content (AvgIpc) is 3.27. The summed E-state index contributed by atoms with van der Waals surface area (Å²) in [7, 11) is 0. The van der Waals surface area contributed by atoms with Crippen molar-refractivity contribution in [3.8, 4) is 5.75 Å². The summed E-state index contributed by atoms with van der Waals surface area (Å²) in [6.07, 6.45) is 4.67. The van der Waals surface area contributed by atoms with Gasteiger partial charge in [0, 0.05) is 13.0 Å². The number of ether oxygens (including phenoxy) is 1. The molecular formula is C21H23N3O3. The van der Waals surface area contributed by atoms with Gasteiger partial charge in [0.2, 0.25) is 5.91 Å². The molecule has 3 unspecified atom stereocenters. The number of amides is 1. The quantitative estimate of drug-likeness (QED) is 0.843. The van der Waals surface area contributed by atoms with E-state index >= 15 is 0 Å². The number of rotatable bonds is 1. The average molecular weight is 365 g/mol. The van der Waals surface area contributed by atoms with Crippen molar-refractivity contribution in [2.24, 2.45) is 5.92 Å². The Bertz CT molecular complexity index is 921. The second-order valence-electron chi connectivity index (χ2n) is 8.30. The predicted molar refractivity (Wildman–Crippen MR) is 98.8 cm³/mol. The van der Waals surface area contributed by atoms with Crippen LogP contribution in [0.1, 0.15) is 53.7 Å². The number of hydrogen-bond acceptors (Lipinski definition) is 4. The lowest BCUT2D eigenvalue weighted by Crippen LogP contribution is -2.46. The molecule has 2 aliphatic heterocycles. The van der Waals surface area contributed by atoms with Gasteiger partial charge in [-0.3, -0.25) is 14.7 Å². The molecule has 140 valence electrons. The molecule has 2 aromatic rings. The molecule has 1 N–H and O–H groups in total. The number of para-hydroxylation sites is 1. The lowest BCUT2D eigenvalue weighted by atomic mass is 9.81. The van der Waals surface area contributed by atoms with Crippen molar-refractivity contribution in [1.82, 2.24) is 15.1 Å². The number of fused-ring (bicyclic) bond motifs is 2. The van der Waals surface area contributed by atoms with E-state index in [9.17, 15) is 9.59 Å². The smallest absolute Gasteiger partial charge is 0.231 e. The molecular weight excluding hydrogens is 342 g/mol. The highest BCUT2D eigenvalue weighted by atomic mass is 16.5. The number of ketones is 1. The predicted octanol–water partition coefficient (Wildman–Crippen LogP) is 2.71. The zero-order chi connectivity index (χ0) is 18.6. The fourth-order valence-electron chi connectivity index (χ4n) is 4.91. The minimum atomic E-state index is -0.585. The van der Waals surface area contributed by atoms with Crippen molar-refractivity contribution in [3.05, 3.63) is 47.3 Å². The van der Waals surface area contributed by atoms with Crippen LogP contribution in [0.25, 0.3) is 0 Å². The summed E-state index contributed by atoms with van der Waals surface area (Å²) in [4.78, 5) is 27.8. The molecule has 1 saturated heterocycles. The third-order valence-electron chi connectivity index (χ3n) is 6.23. The zero-order valence-electron chi connectivity index (χ0n) is 15.4. The van der Waals surface area contributed by atoms with Gasteiger partial charge in [-0.2, -0.15) is 5.10 Å². The molecule has 6 heteroatoms. The van der Waals surface area contributed by atoms with Crippen molar-refractivity contribution in [3.63, 3.8) is 0 Å². The molecule has 0 bridgehead atoms. The third kappa shape index (κ3) is 2.66. The van der Waals surface area contributed by atoms with Crippen LogP contribution in [-0.2, 0) is 11.2 Å². The number of carbonyl (C=O) groups is 2. The van der Waals surface area contributed by atoms with E-state index in [2.05, 4.69) is 17.1 Å². The van der Waals surface area contributed by atoms with E-state index in [1.807, 2.05) is 35.4 Å². The van der Waals surface area contributed by atoms with Crippen LogP contribution in [0, 0.1) is 5.92 Å². The summed E-state index contributed by atoms with van der Waals surface area (Å²) >= 11 is 0. The van der Waals surface area contributed by atoms with Gasteiger partial charge >= 0.3 is 0 Å². The molecule has 1 fully saturated rings. The first kappa shape index (κ1) is 16.5. The largest absolute Gasteiger partial charge is 0.484 e. The molecule has 3 heterocycles. The van der Waals surface area contributed by atoms with E-state index < -0.39 is 5.60 Å². The number of likely N-dealkylation sites (tertiary alicyclic amines) is 1. The maximum Gasteiger partial charge on any atom is 0.231 e. The number of nitrogens with zero attached hydrogens (tertiary/aromatic N) is 2. The summed E-state index contributed by atoms with van der Waals surface area (Å²) in [5, 5.41) is 7.19. The van der Waals surface area contributed by atoms with Crippen LogP contribution in [0.15, 0.2) is 30.5 Å². The zero-order valence-corrected chi connectivity index (χ0v) is 15.4. The van der Waals surface area contributed by atoms with E-state index in [0.29, 0.717) is 43.2 Å². The van der Waals surface area contributed by atoms with Gasteiger partial charge in [0.1, 0.15) is 11.4 Å². The fourth-order valence-corrected chi connectivity index (χ4v) is 4.91. The van der Waals surface area contributed by atoms with Gasteiger partial charge in [0.05, 0.1) is 36.3 Å². The number of Topliss-reactive ketones (excluding diaryl/α,β-unsaturated/α-hetero) is 1. The summed E-state index contributed by atoms with van der Waals surface area (Å²) in [6, 6.07) is 7.39. The minimum absolute atomic E-state index is 0.105. The van der Waals surface area contributed by atoms with Gasteiger partial charge in [0.15, 0.2) is 5.78 Å². The van der Waals surface area contributed by atoms with Crippen LogP contribution in [0.2, 0.25) is 0 Å². The first-order valence-corrected chi connectivity index (χ1v) is 9.67. The Kier molecular flexibility index (Phi) is 3.64. The second-order valence-corrected chi connectivity index (χ2v) is 8.30. The highest BCUT2D eigenvalue weighted by Crippen LogP contribution is 2.41. The monoisotopic (exact) mass is 365 g/mol. The van der Waals surface area contributed by atoms with Crippen LogP contribution >= 0.6 is 0 Å². The number of hydrogen-bond donors (Lipinski definition) is 1. The molecule has 1 aromatic heterocycles. The number of benzene rings is 1. The van der Waals surface area contributed by atoms with E-state index in [4.69, 9.17) is 4.74 Å². The van der Waals surface area contributed by atoms with E-state index in [1.165, 1.54) is 0 Å². The maximum absolute atomic E-state index is 13.3. The normalized spacial score (nSPS) is 29.4. The standard InChI is InChI=1S/C21H23N3O3/c1-13-8-14-11-22-23-19(14)16(9-13)20(26)24-7-6-21(12-24)10-17(25)15-4-2-3-5-18(15)27-21/h2-5,11,13,16H,6-10,12H2,1H3,(H,22,23). The Balaban J connectivity index is 1.38. The molecule has 1 amide bonds. The Labute approximate surface area is 157 Å². The summed E-state index contributed by atoms with van der Waals surface area (Å²) in [6.45, 7) is 3.28. The molecule has 5 rings (SSSR count). The number of aromatic nitrogens is 2. The van der Waals surface area contributed by atoms with Gasteiger partial charge < -0.3 is 9.64 Å². The first-order chi connectivity index (χ1) is 13.0. The number of carbonyl (C=O) groups excluding carboxylic acids is 2. The van der Waals surface area contributed by atoms with Gasteiger partial charge in [0.25, 0.3) is 0 Å². The molecule has 0 saturated carbocycles. The number of H-pyrrole nitrogens is 1. The van der Waals surface area contributed by atoms with E-state index in [-0.39, 0.29) is 17.6 Å². The van der Waals surface area contributed by atoms with Crippen LogP contribution in [0.5, 0.6) is 5.75 Å². The van der Waals surface area contributed by atoms with Crippen LogP contribution in [0.3, 0.4) is 0 Å². The van der Waals surface area contributed by atoms with Crippen molar-refractivity contribution in [2.45, 2.75) is 44.1 Å². The van der Waals surface area contributed by atoms with Gasteiger partial charge in [-0.05, 0) is 36.5 Å². The highest BCUT2D eigenvalue weighted by Gasteiger charge is 2.48. The molecule has 1 spiro atoms. The Morgan fingerprint density at radius 2 is 2.22 bits per heavy atom. The topological polar surface area (TPSA) is 75.3 Å². The van der Waals surface area contributed by atoms with Crippen LogP contribution < -0.4 is 4.74 Å². The van der Waals surface area contributed by atoms with Crippen molar-refractivity contribution in [1.29, 1.82) is 0 Å². The lowest BCUT2D eigenvalue weighted by molar-refractivity contribution is -0.133. The molecule has 27 heavy (non-hydrogen) atoms. The minimum Gasteiger partial charge on any atom is -0.484 e. The molecule has 1 aromatic carbocycles. The lowest BCUT2D eigenvalue weighted by Gasteiger charge is -2.35. The summed E-state index contributed by atoms with van der Waals surface area (Å²) in [5.41, 5.74) is 2.18. The highest BCUT2D eigenvalue weighted by molar-refractivity contribution is 6.00. The number of aromatic amines is 1. The molecule has 3 atom stereocenters. The number of nitrogens with one attached hydrogen (secondary N) is 1. The van der Waals surface area contributed by atoms with Gasteiger partial charge in [-0.15, -0.1) is 0 Å². The molecule has 6 nitrogen and oxygen atoms in total. The Hall–Kier alpha value is -2.63. The van der Waals surface area contributed by atoms with Gasteiger partial charge in [-0.25, -0.2) is 0 Å². The third-order valence-corrected chi connectivity index (χ3v) is 6.23. The van der Waals surface area contributed by atoms with E-state index in [0.717, 1.165) is 24.1 Å². The molecule has 3 aliphatic rings. The van der Waals surface area contributed by atoms with E-state index in [1.54, 1.807) is 0 Å². The molecule has 1 aliphatic carbocycles. The maximum atomic E-state index is 13.3. The Morgan fingerprint density at radius 3 is 3.11 bits per heavy atom. The summed E-state index contributed by atoms with van der Waals surface area (Å²) < 4.78 is 6.26. The SMILES string of the molecule is CC1Cc2cn[nH]c2C(C(=O)N2CCC3(CC(=O)c4ccccc4O3)C2)C1. The van der Waals surface area contributed by atoms with Crippen molar-refractivity contribution in [2.75, 3.05) is 13.1 Å². The van der Waals surface area contributed by atoms with Crippen molar-refractivity contribution >= 4 is 11.7 Å². The second kappa shape index (κ2) is 5.94. The van der Waals surface area contributed by atoms with Crippen molar-refractivity contribution < 1.29 is 14.3 Å². The fraction of sp³-hybridized carbons (Fsp3) is 0.476.